The molecule has 3 aromatic rings. The fourth-order valence-electron chi connectivity index (χ4n) is 3.72. The van der Waals surface area contributed by atoms with Crippen molar-refractivity contribution in [2.45, 2.75) is 38.8 Å². The Bertz CT molecular complexity index is 1000. The predicted octanol–water partition coefficient (Wildman–Crippen LogP) is 4.03. The number of aromatic nitrogens is 2. The van der Waals surface area contributed by atoms with Gasteiger partial charge in [-0.1, -0.05) is 53.5 Å². The Hall–Kier alpha value is -3.06. The van der Waals surface area contributed by atoms with Crippen LogP contribution in [0, 0.1) is 12.7 Å². The molecule has 1 N–H and O–H groups in total. The van der Waals surface area contributed by atoms with E-state index in [1.165, 1.54) is 17.7 Å². The molecule has 30 heavy (non-hydrogen) atoms. The second kappa shape index (κ2) is 9.17. The van der Waals surface area contributed by atoms with Gasteiger partial charge in [0.1, 0.15) is 5.82 Å². The Labute approximate surface area is 175 Å². The molecule has 0 unspecified atom stereocenters. The summed E-state index contributed by atoms with van der Waals surface area (Å²) < 4.78 is 19.0. The summed E-state index contributed by atoms with van der Waals surface area (Å²) in [6.07, 6.45) is 2.90. The zero-order valence-electron chi connectivity index (χ0n) is 17.0. The van der Waals surface area contributed by atoms with E-state index in [-0.39, 0.29) is 24.3 Å². The Morgan fingerprint density at radius 2 is 2.07 bits per heavy atom. The van der Waals surface area contributed by atoms with Gasteiger partial charge in [0.15, 0.2) is 0 Å². The number of carbonyl (C=O) groups excluding carboxylic acids is 1. The first-order valence-electron chi connectivity index (χ1n) is 10.2. The van der Waals surface area contributed by atoms with Crippen molar-refractivity contribution in [3.05, 3.63) is 71.4 Å². The summed E-state index contributed by atoms with van der Waals surface area (Å²) in [4.78, 5) is 19.1. The van der Waals surface area contributed by atoms with Crippen molar-refractivity contribution in [1.29, 1.82) is 0 Å². The normalized spacial score (nSPS) is 17.1. The first kappa shape index (κ1) is 20.2. The number of aryl methyl sites for hydroxylation is 1. The first-order valence-corrected chi connectivity index (χ1v) is 10.2. The fourth-order valence-corrected chi connectivity index (χ4v) is 3.72. The fraction of sp³-hybridized carbons (Fsp3) is 0.348. The summed E-state index contributed by atoms with van der Waals surface area (Å²) >= 11 is 0. The molecular weight excluding hydrogens is 383 g/mol. The number of nitrogens with zero attached hydrogens (tertiary/aromatic N) is 3. The number of hydrogen-bond donors (Lipinski definition) is 1. The number of carbonyl (C=O) groups is 1. The summed E-state index contributed by atoms with van der Waals surface area (Å²) in [5, 5.41) is 7.01. The molecule has 7 heteroatoms. The number of piperidine rings is 1. The van der Waals surface area contributed by atoms with Crippen LogP contribution in [-0.2, 0) is 11.3 Å². The van der Waals surface area contributed by atoms with Crippen molar-refractivity contribution in [1.82, 2.24) is 20.4 Å². The summed E-state index contributed by atoms with van der Waals surface area (Å²) in [6.45, 7) is 3.60. The quantitative estimate of drug-likeness (QED) is 0.667. The molecule has 6 nitrogen and oxygen atoms in total. The molecule has 0 aliphatic carbocycles. The molecule has 0 bridgehead atoms. The van der Waals surface area contributed by atoms with E-state index in [9.17, 15) is 9.18 Å². The minimum atomic E-state index is -0.344. The highest BCUT2D eigenvalue weighted by atomic mass is 19.1. The van der Waals surface area contributed by atoms with Crippen molar-refractivity contribution < 1.29 is 13.7 Å². The van der Waals surface area contributed by atoms with Crippen molar-refractivity contribution in [2.24, 2.45) is 0 Å². The number of nitrogens with one attached hydrogen (secondary N) is 1. The van der Waals surface area contributed by atoms with Gasteiger partial charge in [-0.15, -0.1) is 0 Å². The van der Waals surface area contributed by atoms with Gasteiger partial charge >= 0.3 is 0 Å². The van der Waals surface area contributed by atoms with E-state index in [0.29, 0.717) is 23.8 Å². The monoisotopic (exact) mass is 408 g/mol. The lowest BCUT2D eigenvalue weighted by atomic mass is 10.0. The molecule has 1 aliphatic heterocycles. The van der Waals surface area contributed by atoms with E-state index >= 15 is 0 Å². The number of benzene rings is 2. The maximum absolute atomic E-state index is 13.5. The van der Waals surface area contributed by atoms with Gasteiger partial charge in [-0.3, -0.25) is 9.69 Å². The van der Waals surface area contributed by atoms with Gasteiger partial charge in [-0.2, -0.15) is 4.98 Å². The highest BCUT2D eigenvalue weighted by molar-refractivity contribution is 5.78. The third-order valence-corrected chi connectivity index (χ3v) is 5.38. The van der Waals surface area contributed by atoms with Crippen LogP contribution in [0.4, 0.5) is 4.39 Å². The van der Waals surface area contributed by atoms with Crippen LogP contribution >= 0.6 is 0 Å². The predicted molar refractivity (Wildman–Crippen MR) is 111 cm³/mol. The molecular formula is C23H25FN4O2. The van der Waals surface area contributed by atoms with Crippen LogP contribution in [0.15, 0.2) is 53.1 Å². The van der Waals surface area contributed by atoms with Gasteiger partial charge in [0.05, 0.1) is 12.6 Å². The van der Waals surface area contributed by atoms with Crippen LogP contribution in [0.2, 0.25) is 0 Å². The van der Waals surface area contributed by atoms with Crippen LogP contribution in [0.5, 0.6) is 0 Å². The number of rotatable bonds is 6. The highest BCUT2D eigenvalue weighted by Gasteiger charge is 2.30. The average molecular weight is 408 g/mol. The minimum Gasteiger partial charge on any atom is -0.351 e. The SMILES string of the molecule is Cc1ccc(CNC(=O)CN2CCCC[C@@H]2c2nc(-c3cccc(F)c3)no2)cc1. The molecule has 0 spiro atoms. The third-order valence-electron chi connectivity index (χ3n) is 5.38. The van der Waals surface area contributed by atoms with Gasteiger partial charge in [-0.05, 0) is 44.0 Å². The second-order valence-electron chi connectivity index (χ2n) is 7.71. The van der Waals surface area contributed by atoms with Crippen molar-refractivity contribution >= 4 is 5.91 Å². The van der Waals surface area contributed by atoms with Crippen LogP contribution < -0.4 is 5.32 Å². The summed E-state index contributed by atoms with van der Waals surface area (Å²) in [7, 11) is 0. The Morgan fingerprint density at radius 3 is 2.87 bits per heavy atom. The van der Waals surface area contributed by atoms with E-state index in [1.807, 2.05) is 31.2 Å². The van der Waals surface area contributed by atoms with Gasteiger partial charge in [0, 0.05) is 12.1 Å². The van der Waals surface area contributed by atoms with Gasteiger partial charge in [0.2, 0.25) is 17.6 Å². The van der Waals surface area contributed by atoms with Gasteiger partial charge < -0.3 is 9.84 Å². The molecule has 2 aromatic carbocycles. The highest BCUT2D eigenvalue weighted by Crippen LogP contribution is 2.30. The van der Waals surface area contributed by atoms with E-state index in [2.05, 4.69) is 20.4 Å². The molecule has 1 saturated heterocycles. The van der Waals surface area contributed by atoms with Crippen LogP contribution in [0.1, 0.15) is 42.3 Å². The number of hydrogen-bond acceptors (Lipinski definition) is 5. The molecule has 2 heterocycles. The molecule has 1 aromatic heterocycles. The molecule has 1 amide bonds. The average Bonchev–Trinajstić information content (AvgIpc) is 3.24. The van der Waals surface area contributed by atoms with E-state index in [4.69, 9.17) is 4.52 Å². The Kier molecular flexibility index (Phi) is 6.18. The van der Waals surface area contributed by atoms with Crippen molar-refractivity contribution in [3.63, 3.8) is 0 Å². The number of likely N-dealkylation sites (tertiary alicyclic amines) is 1. The topological polar surface area (TPSA) is 71.3 Å². The number of amides is 1. The van der Waals surface area contributed by atoms with E-state index < -0.39 is 0 Å². The molecule has 0 saturated carbocycles. The lowest BCUT2D eigenvalue weighted by Gasteiger charge is -2.32. The second-order valence-corrected chi connectivity index (χ2v) is 7.71. The van der Waals surface area contributed by atoms with Gasteiger partial charge in [0.25, 0.3) is 0 Å². The molecule has 1 fully saturated rings. The molecule has 0 radical (unpaired) electrons. The molecule has 4 rings (SSSR count). The van der Waals surface area contributed by atoms with Crippen LogP contribution in [0.3, 0.4) is 0 Å². The van der Waals surface area contributed by atoms with Crippen molar-refractivity contribution in [3.8, 4) is 11.4 Å². The summed E-state index contributed by atoms with van der Waals surface area (Å²) in [6, 6.07) is 14.1. The van der Waals surface area contributed by atoms with Crippen molar-refractivity contribution in [2.75, 3.05) is 13.1 Å². The van der Waals surface area contributed by atoms with E-state index in [1.54, 1.807) is 12.1 Å². The minimum absolute atomic E-state index is 0.0349. The maximum Gasteiger partial charge on any atom is 0.244 e. The molecule has 1 atom stereocenters. The largest absolute Gasteiger partial charge is 0.351 e. The lowest BCUT2D eigenvalue weighted by molar-refractivity contribution is -0.123. The summed E-state index contributed by atoms with van der Waals surface area (Å²) in [5.74, 6) is 0.454. The third kappa shape index (κ3) is 4.91. The first-order chi connectivity index (χ1) is 14.6. The molecule has 1 aliphatic rings. The zero-order valence-corrected chi connectivity index (χ0v) is 17.0. The number of halogens is 1. The molecule has 156 valence electrons. The van der Waals surface area contributed by atoms with Crippen LogP contribution in [-0.4, -0.2) is 34.0 Å². The zero-order chi connectivity index (χ0) is 20.9. The lowest BCUT2D eigenvalue weighted by Crippen LogP contribution is -2.41. The van der Waals surface area contributed by atoms with Crippen LogP contribution in [0.25, 0.3) is 11.4 Å². The smallest absolute Gasteiger partial charge is 0.244 e. The van der Waals surface area contributed by atoms with E-state index in [0.717, 1.165) is 31.4 Å². The van der Waals surface area contributed by atoms with Gasteiger partial charge in [-0.25, -0.2) is 4.39 Å². The Balaban J connectivity index is 1.40. The maximum atomic E-state index is 13.5. The summed E-state index contributed by atoms with van der Waals surface area (Å²) in [5.41, 5.74) is 2.84. The Morgan fingerprint density at radius 1 is 1.23 bits per heavy atom. The standard InChI is InChI=1S/C23H25FN4O2/c1-16-8-10-17(11-9-16)14-25-21(29)15-28-12-3-2-7-20(28)23-26-22(27-30-23)18-5-4-6-19(24)13-18/h4-6,8-11,13,20H,2-3,7,12,14-15H2,1H3,(H,25,29)/t20-/m1/s1.